The topological polar surface area (TPSA) is 70.1 Å². The van der Waals surface area contributed by atoms with Crippen molar-refractivity contribution in [3.05, 3.63) is 107 Å². The molecule has 1 heterocycles. The Morgan fingerprint density at radius 1 is 0.971 bits per heavy atom. The van der Waals surface area contributed by atoms with Gasteiger partial charge in [-0.25, -0.2) is 0 Å². The molecule has 0 bridgehead atoms. The molecule has 1 unspecified atom stereocenters. The quantitative estimate of drug-likeness (QED) is 0.484. The van der Waals surface area contributed by atoms with E-state index in [2.05, 4.69) is 0 Å². The molecule has 0 aromatic heterocycles. The van der Waals surface area contributed by atoms with E-state index in [0.29, 0.717) is 12.2 Å². The Morgan fingerprint density at radius 3 is 2.29 bits per heavy atom. The van der Waals surface area contributed by atoms with E-state index >= 15 is 0 Å². The highest BCUT2D eigenvalue weighted by molar-refractivity contribution is 6.09. The third-order valence-corrected chi connectivity index (χ3v) is 6.35. The van der Waals surface area contributed by atoms with Crippen LogP contribution in [0.15, 0.2) is 90.2 Å². The number of aryl methyl sites for hydroxylation is 1. The van der Waals surface area contributed by atoms with Crippen LogP contribution in [0.2, 0.25) is 0 Å². The van der Waals surface area contributed by atoms with Crippen molar-refractivity contribution in [2.75, 3.05) is 26.1 Å². The van der Waals surface area contributed by atoms with Crippen molar-refractivity contribution in [1.29, 1.82) is 0 Å². The predicted octanol–water partition coefficient (Wildman–Crippen LogP) is 4.86. The summed E-state index contributed by atoms with van der Waals surface area (Å²) in [6, 6.07) is 24.2. The molecule has 4 rings (SSSR count). The van der Waals surface area contributed by atoms with Crippen LogP contribution in [-0.2, 0) is 22.6 Å². The summed E-state index contributed by atoms with van der Waals surface area (Å²) in [5.41, 5.74) is 3.75. The van der Waals surface area contributed by atoms with Gasteiger partial charge < -0.3 is 19.6 Å². The number of ether oxygens (including phenoxy) is 1. The van der Waals surface area contributed by atoms with Gasteiger partial charge in [-0.05, 0) is 35.7 Å². The Bertz CT molecular complexity index is 1230. The molecule has 1 N–H and O–H groups in total. The zero-order valence-corrected chi connectivity index (χ0v) is 20.3. The van der Waals surface area contributed by atoms with Crippen LogP contribution >= 0.6 is 0 Å². The van der Waals surface area contributed by atoms with Gasteiger partial charge in [-0.2, -0.15) is 0 Å². The second kappa shape index (κ2) is 10.5. The number of anilines is 1. The average Bonchev–Trinajstić information content (AvgIpc) is 3.13. The monoisotopic (exact) mass is 470 g/mol. The molecule has 0 fully saturated rings. The fourth-order valence-electron chi connectivity index (χ4n) is 4.46. The molecule has 3 aromatic carbocycles. The molecule has 3 aromatic rings. The molecule has 0 spiro atoms. The largest absolute Gasteiger partial charge is 0.503 e. The van der Waals surface area contributed by atoms with Crippen LogP contribution in [0.1, 0.15) is 29.2 Å². The maximum atomic E-state index is 13.4. The van der Waals surface area contributed by atoms with Crippen LogP contribution in [0.3, 0.4) is 0 Å². The summed E-state index contributed by atoms with van der Waals surface area (Å²) in [5.74, 6) is -0.616. The highest BCUT2D eigenvalue weighted by Gasteiger charge is 2.43. The first-order valence-corrected chi connectivity index (χ1v) is 11.6. The number of amides is 1. The number of carbonyl (C=O) groups excluding carboxylic acids is 2. The van der Waals surface area contributed by atoms with E-state index < -0.39 is 17.7 Å². The van der Waals surface area contributed by atoms with Crippen LogP contribution < -0.4 is 9.64 Å². The number of ketones is 1. The summed E-state index contributed by atoms with van der Waals surface area (Å²) in [6.07, 6.45) is 0.731. The van der Waals surface area contributed by atoms with Crippen molar-refractivity contribution in [2.24, 2.45) is 0 Å². The number of aliphatic hydroxyl groups excluding tert-OH is 1. The van der Waals surface area contributed by atoms with E-state index in [1.807, 2.05) is 97.9 Å². The summed E-state index contributed by atoms with van der Waals surface area (Å²) in [7, 11) is 5.48. The fraction of sp³-hybridized carbons (Fsp3) is 0.241. The maximum absolute atomic E-state index is 13.4. The first kappa shape index (κ1) is 24.1. The Kier molecular flexibility index (Phi) is 7.20. The number of methoxy groups -OCH3 is 1. The van der Waals surface area contributed by atoms with Crippen molar-refractivity contribution in [3.63, 3.8) is 0 Å². The molecule has 180 valence electrons. The lowest BCUT2D eigenvalue weighted by molar-refractivity contribution is -0.130. The van der Waals surface area contributed by atoms with Crippen molar-refractivity contribution in [3.8, 4) is 5.75 Å². The molecular formula is C29H30N2O4. The minimum atomic E-state index is -0.688. The first-order chi connectivity index (χ1) is 16.9. The highest BCUT2D eigenvalue weighted by Crippen LogP contribution is 2.40. The van der Waals surface area contributed by atoms with Gasteiger partial charge in [0.1, 0.15) is 5.75 Å². The third kappa shape index (κ3) is 5.06. The molecule has 1 aliphatic heterocycles. The molecule has 6 heteroatoms. The van der Waals surface area contributed by atoms with Gasteiger partial charge in [0.2, 0.25) is 0 Å². The molecule has 0 saturated heterocycles. The Balaban J connectivity index is 1.69. The van der Waals surface area contributed by atoms with E-state index in [-0.39, 0.29) is 24.3 Å². The predicted molar refractivity (Wildman–Crippen MR) is 136 cm³/mol. The second-order valence-electron chi connectivity index (χ2n) is 8.80. The van der Waals surface area contributed by atoms with Crippen molar-refractivity contribution in [2.45, 2.75) is 25.4 Å². The number of Topliss-reactive ketones (excluding diaryl/α,β-unsaturated/α-hetero) is 1. The number of benzene rings is 3. The summed E-state index contributed by atoms with van der Waals surface area (Å²) in [5, 5.41) is 10.9. The molecule has 0 radical (unpaired) electrons. The maximum Gasteiger partial charge on any atom is 0.290 e. The van der Waals surface area contributed by atoms with E-state index in [1.54, 1.807) is 12.0 Å². The first-order valence-electron chi connectivity index (χ1n) is 11.6. The highest BCUT2D eigenvalue weighted by atomic mass is 16.5. The number of hydrogen-bond donors (Lipinski definition) is 1. The van der Waals surface area contributed by atoms with Crippen LogP contribution in [0.4, 0.5) is 5.69 Å². The Hall–Kier alpha value is -4.06. The zero-order chi connectivity index (χ0) is 24.9. The molecule has 35 heavy (non-hydrogen) atoms. The molecule has 1 aliphatic rings. The molecule has 0 saturated carbocycles. The van der Waals surface area contributed by atoms with Gasteiger partial charge in [0.05, 0.1) is 25.3 Å². The smallest absolute Gasteiger partial charge is 0.290 e. The van der Waals surface area contributed by atoms with E-state index in [1.165, 1.54) is 0 Å². The number of aliphatic hydroxyl groups is 1. The Morgan fingerprint density at radius 2 is 1.63 bits per heavy atom. The second-order valence-corrected chi connectivity index (χ2v) is 8.80. The fourth-order valence-corrected chi connectivity index (χ4v) is 4.46. The van der Waals surface area contributed by atoms with Gasteiger partial charge in [-0.1, -0.05) is 60.7 Å². The Labute approximate surface area is 206 Å². The average molecular weight is 471 g/mol. The van der Waals surface area contributed by atoms with Crippen molar-refractivity contribution >= 4 is 17.4 Å². The summed E-state index contributed by atoms with van der Waals surface area (Å²) in [4.78, 5) is 30.2. The number of rotatable bonds is 9. The van der Waals surface area contributed by atoms with Gasteiger partial charge in [-0.15, -0.1) is 0 Å². The standard InChI is InChI=1S/C29H30N2O4/c1-30(2)23-16-14-21(15-17-23)27-26(24(32)18-13-20-9-5-4-6-10-20)28(33)29(34)31(27)19-22-11-7-8-12-25(22)35-3/h4-12,14-17,27,33H,13,18-19H2,1-3H3. The van der Waals surface area contributed by atoms with Crippen LogP contribution in [0.5, 0.6) is 5.75 Å². The molecule has 1 amide bonds. The summed E-state index contributed by atoms with van der Waals surface area (Å²) >= 11 is 0. The van der Waals surface area contributed by atoms with Crippen molar-refractivity contribution in [1.82, 2.24) is 4.90 Å². The normalized spacial score (nSPS) is 15.5. The molecular weight excluding hydrogens is 440 g/mol. The van der Waals surface area contributed by atoms with Crippen LogP contribution in [-0.4, -0.2) is 42.9 Å². The third-order valence-electron chi connectivity index (χ3n) is 6.35. The van der Waals surface area contributed by atoms with Gasteiger partial charge in [0.15, 0.2) is 11.5 Å². The minimum absolute atomic E-state index is 0.151. The van der Waals surface area contributed by atoms with Crippen molar-refractivity contribution < 1.29 is 19.4 Å². The summed E-state index contributed by atoms with van der Waals surface area (Å²) in [6.45, 7) is 0.197. The molecule has 1 atom stereocenters. The SMILES string of the molecule is COc1ccccc1CN1C(=O)C(O)=C(C(=O)CCc2ccccc2)C1c1ccc(N(C)C)cc1. The summed E-state index contributed by atoms with van der Waals surface area (Å²) < 4.78 is 5.48. The number of hydrogen-bond acceptors (Lipinski definition) is 5. The zero-order valence-electron chi connectivity index (χ0n) is 20.3. The lowest BCUT2D eigenvalue weighted by atomic mass is 9.93. The van der Waals surface area contributed by atoms with E-state index in [9.17, 15) is 14.7 Å². The van der Waals surface area contributed by atoms with E-state index in [4.69, 9.17) is 4.74 Å². The number of nitrogens with zero attached hydrogens (tertiary/aromatic N) is 2. The molecule has 0 aliphatic carbocycles. The lowest BCUT2D eigenvalue weighted by Gasteiger charge is -2.28. The van der Waals surface area contributed by atoms with Gasteiger partial charge in [0.25, 0.3) is 5.91 Å². The molecule has 6 nitrogen and oxygen atoms in total. The van der Waals surface area contributed by atoms with Crippen LogP contribution in [0, 0.1) is 0 Å². The minimum Gasteiger partial charge on any atom is -0.503 e. The van der Waals surface area contributed by atoms with E-state index in [0.717, 1.165) is 22.4 Å². The van der Waals surface area contributed by atoms with Crippen LogP contribution in [0.25, 0.3) is 0 Å². The number of carbonyl (C=O) groups is 2. The van der Waals surface area contributed by atoms with Gasteiger partial charge in [0, 0.05) is 31.8 Å². The number of para-hydroxylation sites is 1. The van der Waals surface area contributed by atoms with Gasteiger partial charge >= 0.3 is 0 Å². The lowest BCUT2D eigenvalue weighted by Crippen LogP contribution is -2.31. The van der Waals surface area contributed by atoms with Gasteiger partial charge in [-0.3, -0.25) is 9.59 Å².